The number of aromatic nitrogens is 1. The Morgan fingerprint density at radius 3 is 2.78 bits per heavy atom. The third-order valence-electron chi connectivity index (χ3n) is 3.92. The Morgan fingerprint density at radius 2 is 2.04 bits per heavy atom. The van der Waals surface area contributed by atoms with Gasteiger partial charge in [-0.05, 0) is 31.0 Å². The zero-order valence-electron chi connectivity index (χ0n) is 13.2. The number of hydrogen-bond acceptors (Lipinski definition) is 3. The van der Waals surface area contributed by atoms with Crippen LogP contribution in [-0.4, -0.2) is 5.78 Å². The average molecular weight is 308 g/mol. The second kappa shape index (κ2) is 6.16. The van der Waals surface area contributed by atoms with Crippen molar-refractivity contribution in [2.75, 3.05) is 0 Å². The highest BCUT2D eigenvalue weighted by Crippen LogP contribution is 2.19. The summed E-state index contributed by atoms with van der Waals surface area (Å²) in [4.78, 5) is 23.3. The molecule has 0 atom stereocenters. The smallest absolute Gasteiger partial charge is 0.336 e. The molecule has 0 bridgehead atoms. The zero-order chi connectivity index (χ0) is 16.4. The van der Waals surface area contributed by atoms with Gasteiger partial charge >= 0.3 is 5.63 Å². The molecule has 0 N–H and O–H groups in total. The minimum atomic E-state index is -0.357. The van der Waals surface area contributed by atoms with Gasteiger partial charge in [0.25, 0.3) is 0 Å². The molecule has 0 unspecified atom stereocenters. The predicted molar refractivity (Wildman–Crippen MR) is 87.6 cm³/mol. The van der Waals surface area contributed by atoms with Crippen LogP contribution in [0.1, 0.15) is 35.3 Å². The zero-order valence-corrected chi connectivity index (χ0v) is 13.2. The largest absolute Gasteiger partial charge is 0.423 e. The summed E-state index contributed by atoms with van der Waals surface area (Å²) < 4.78 is 7.23. The van der Waals surface area contributed by atoms with E-state index < -0.39 is 0 Å². The topological polar surface area (TPSA) is 51.2 Å². The molecule has 4 heteroatoms. The van der Waals surface area contributed by atoms with Crippen molar-refractivity contribution in [3.8, 4) is 0 Å². The summed E-state index contributed by atoms with van der Waals surface area (Å²) in [5.74, 6) is 0.0179. The van der Waals surface area contributed by atoms with E-state index in [9.17, 15) is 9.59 Å². The van der Waals surface area contributed by atoms with Crippen LogP contribution in [0, 0.1) is 0 Å². The lowest BCUT2D eigenvalue weighted by Gasteiger charge is -2.05. The molecule has 0 saturated carbocycles. The molecule has 3 rings (SSSR count). The molecular weight excluding hydrogens is 290 g/mol. The van der Waals surface area contributed by atoms with Crippen LogP contribution < -0.4 is 10.2 Å². The number of benzene rings is 1. The molecule has 116 valence electrons. The van der Waals surface area contributed by atoms with Gasteiger partial charge in [-0.1, -0.05) is 19.1 Å². The molecule has 0 saturated heterocycles. The van der Waals surface area contributed by atoms with Gasteiger partial charge < -0.3 is 4.42 Å². The maximum Gasteiger partial charge on any atom is 0.336 e. The van der Waals surface area contributed by atoms with Crippen molar-refractivity contribution in [3.05, 3.63) is 75.9 Å². The summed E-state index contributed by atoms with van der Waals surface area (Å²) in [6, 6.07) is 11.1. The van der Waals surface area contributed by atoms with Crippen molar-refractivity contribution in [3.63, 3.8) is 0 Å². The number of fused-ring (bicyclic) bond motifs is 1. The number of carbonyl (C=O) groups excluding carboxylic acids is 1. The minimum absolute atomic E-state index is 0.0179. The van der Waals surface area contributed by atoms with E-state index in [1.165, 1.54) is 6.07 Å². The third kappa shape index (κ3) is 3.21. The molecule has 23 heavy (non-hydrogen) atoms. The van der Waals surface area contributed by atoms with Gasteiger partial charge in [0.1, 0.15) is 5.58 Å². The van der Waals surface area contributed by atoms with E-state index in [-0.39, 0.29) is 11.4 Å². The van der Waals surface area contributed by atoms with Crippen LogP contribution >= 0.6 is 0 Å². The standard InChI is InChI=1S/C19H18NO3/c1-3-14-6-7-17-16(10-19(22)23-18(17)9-14)12-20-8-4-5-15(11-20)13(2)21/h4-11H,3,12H2,1-2H3/q+1. The molecule has 2 heterocycles. The lowest BCUT2D eigenvalue weighted by molar-refractivity contribution is -0.688. The number of ketones is 1. The third-order valence-corrected chi connectivity index (χ3v) is 3.92. The summed E-state index contributed by atoms with van der Waals surface area (Å²) >= 11 is 0. The minimum Gasteiger partial charge on any atom is -0.423 e. The fourth-order valence-electron chi connectivity index (χ4n) is 2.65. The van der Waals surface area contributed by atoms with Crippen LogP contribution in [0.5, 0.6) is 0 Å². The Labute approximate surface area is 134 Å². The lowest BCUT2D eigenvalue weighted by Crippen LogP contribution is -2.34. The number of carbonyl (C=O) groups is 1. The highest BCUT2D eigenvalue weighted by atomic mass is 16.4. The first-order chi connectivity index (χ1) is 11.1. The van der Waals surface area contributed by atoms with E-state index >= 15 is 0 Å². The number of pyridine rings is 1. The predicted octanol–water partition coefficient (Wildman–Crippen LogP) is 2.89. The SMILES string of the molecule is CCc1ccc2c(C[n+]3cccc(C(C)=O)c3)cc(=O)oc2c1. The van der Waals surface area contributed by atoms with Gasteiger partial charge in [-0.2, -0.15) is 0 Å². The molecule has 3 aromatic rings. The summed E-state index contributed by atoms with van der Waals surface area (Å²) in [5, 5.41) is 0.919. The van der Waals surface area contributed by atoms with Crippen molar-refractivity contribution < 1.29 is 13.8 Å². The Bertz CT molecular complexity index is 941. The van der Waals surface area contributed by atoms with Crippen LogP contribution in [0.2, 0.25) is 0 Å². The summed E-state index contributed by atoms with van der Waals surface area (Å²) in [6.45, 7) is 4.11. The lowest BCUT2D eigenvalue weighted by atomic mass is 10.1. The highest BCUT2D eigenvalue weighted by Gasteiger charge is 2.12. The van der Waals surface area contributed by atoms with Gasteiger partial charge in [0.2, 0.25) is 0 Å². The van der Waals surface area contributed by atoms with E-state index in [0.29, 0.717) is 17.7 Å². The van der Waals surface area contributed by atoms with Gasteiger partial charge in [-0.25, -0.2) is 9.36 Å². The molecule has 0 amide bonds. The molecule has 0 spiro atoms. The molecule has 1 aromatic carbocycles. The molecular formula is C19H18NO3+. The monoisotopic (exact) mass is 308 g/mol. The second-order valence-corrected chi connectivity index (χ2v) is 5.60. The van der Waals surface area contributed by atoms with E-state index in [1.54, 1.807) is 19.2 Å². The normalized spacial score (nSPS) is 10.9. The van der Waals surface area contributed by atoms with Crippen molar-refractivity contribution in [2.24, 2.45) is 0 Å². The van der Waals surface area contributed by atoms with Gasteiger partial charge in [-0.3, -0.25) is 4.79 Å². The number of aryl methyl sites for hydroxylation is 1. The number of nitrogens with zero attached hydrogens (tertiary/aromatic N) is 1. The summed E-state index contributed by atoms with van der Waals surface area (Å²) in [5.41, 5.74) is 2.90. The Morgan fingerprint density at radius 1 is 1.22 bits per heavy atom. The molecule has 0 aliphatic rings. The molecule has 2 aromatic heterocycles. The molecule has 0 radical (unpaired) electrons. The van der Waals surface area contributed by atoms with Gasteiger partial charge in [0.15, 0.2) is 24.7 Å². The number of Topliss-reactive ketones (excluding diaryl/α,β-unsaturated/α-hetero) is 1. The first-order valence-electron chi connectivity index (χ1n) is 7.62. The van der Waals surface area contributed by atoms with Gasteiger partial charge in [0.05, 0.1) is 5.56 Å². The number of hydrogen-bond donors (Lipinski definition) is 0. The van der Waals surface area contributed by atoms with Crippen molar-refractivity contribution >= 4 is 16.8 Å². The van der Waals surface area contributed by atoms with E-state index in [1.807, 2.05) is 35.0 Å². The molecule has 0 aliphatic heterocycles. The Hall–Kier alpha value is -2.75. The van der Waals surface area contributed by atoms with Crippen molar-refractivity contribution in [1.82, 2.24) is 0 Å². The second-order valence-electron chi connectivity index (χ2n) is 5.60. The van der Waals surface area contributed by atoms with Crippen molar-refractivity contribution in [2.45, 2.75) is 26.8 Å². The molecule has 0 fully saturated rings. The fourth-order valence-corrected chi connectivity index (χ4v) is 2.65. The molecule has 4 nitrogen and oxygen atoms in total. The maximum atomic E-state index is 11.8. The van der Waals surface area contributed by atoms with Crippen LogP contribution in [0.3, 0.4) is 0 Å². The Balaban J connectivity index is 2.07. The van der Waals surface area contributed by atoms with Crippen molar-refractivity contribution in [1.29, 1.82) is 0 Å². The highest BCUT2D eigenvalue weighted by molar-refractivity contribution is 5.93. The number of rotatable bonds is 4. The van der Waals surface area contributed by atoms with E-state index in [2.05, 4.69) is 6.92 Å². The first kappa shape index (κ1) is 15.2. The maximum absolute atomic E-state index is 11.8. The van der Waals surface area contributed by atoms with Gasteiger partial charge in [-0.15, -0.1) is 0 Å². The Kier molecular flexibility index (Phi) is 4.06. The average Bonchev–Trinajstić information content (AvgIpc) is 2.54. The fraction of sp³-hybridized carbons (Fsp3) is 0.211. The van der Waals surface area contributed by atoms with Crippen LogP contribution in [0.15, 0.2) is 58.0 Å². The first-order valence-corrected chi connectivity index (χ1v) is 7.62. The van der Waals surface area contributed by atoms with Crippen LogP contribution in [0.25, 0.3) is 11.0 Å². The van der Waals surface area contributed by atoms with E-state index in [0.717, 1.165) is 22.9 Å². The van der Waals surface area contributed by atoms with Crippen LogP contribution in [-0.2, 0) is 13.0 Å². The summed E-state index contributed by atoms with van der Waals surface area (Å²) in [6.07, 6.45) is 4.57. The van der Waals surface area contributed by atoms with Gasteiger partial charge in [0, 0.05) is 23.1 Å². The quantitative estimate of drug-likeness (QED) is 0.423. The van der Waals surface area contributed by atoms with E-state index in [4.69, 9.17) is 4.42 Å². The summed E-state index contributed by atoms with van der Waals surface area (Å²) in [7, 11) is 0. The molecule has 0 aliphatic carbocycles. The van der Waals surface area contributed by atoms with Crippen LogP contribution in [0.4, 0.5) is 0 Å².